The smallest absolute Gasteiger partial charge is 0.326 e. The Morgan fingerprint density at radius 2 is 1.76 bits per heavy atom. The molecule has 1 unspecified atom stereocenters. The van der Waals surface area contributed by atoms with Crippen LogP contribution in [0.5, 0.6) is 0 Å². The van der Waals surface area contributed by atoms with E-state index in [9.17, 15) is 19.5 Å². The number of carbonyl (C=O) groups is 3. The third kappa shape index (κ3) is 5.61. The summed E-state index contributed by atoms with van der Waals surface area (Å²) >= 11 is 5.43. The van der Waals surface area contributed by atoms with E-state index in [-0.39, 0.29) is 17.9 Å². The zero-order chi connectivity index (χ0) is 18.2. The minimum Gasteiger partial charge on any atom is -0.480 e. The molecule has 2 aromatic carbocycles. The fourth-order valence-electron chi connectivity index (χ4n) is 2.22. The quantitative estimate of drug-likeness (QED) is 0.660. The average molecular weight is 361 g/mol. The highest BCUT2D eigenvalue weighted by Gasteiger charge is 2.21. The number of carboxylic acids is 1. The van der Waals surface area contributed by atoms with E-state index in [0.29, 0.717) is 5.69 Å². The van der Waals surface area contributed by atoms with Crippen molar-refractivity contribution in [2.24, 2.45) is 0 Å². The van der Waals surface area contributed by atoms with Gasteiger partial charge in [0.15, 0.2) is 0 Å². The molecule has 6 nitrogen and oxygen atoms in total. The molecule has 0 aromatic heterocycles. The van der Waals surface area contributed by atoms with Crippen molar-refractivity contribution in [1.82, 2.24) is 5.32 Å². The fourth-order valence-corrected chi connectivity index (χ4v) is 2.29. The van der Waals surface area contributed by atoms with E-state index >= 15 is 0 Å². The third-order valence-corrected chi connectivity index (χ3v) is 3.66. The van der Waals surface area contributed by atoms with Crippen molar-refractivity contribution >= 4 is 35.1 Å². The van der Waals surface area contributed by atoms with Crippen LogP contribution in [0.25, 0.3) is 0 Å². The van der Waals surface area contributed by atoms with Gasteiger partial charge in [0.1, 0.15) is 11.9 Å². The number of benzene rings is 2. The van der Waals surface area contributed by atoms with Gasteiger partial charge in [-0.25, -0.2) is 4.79 Å². The van der Waals surface area contributed by atoms with E-state index in [1.54, 1.807) is 36.4 Å². The molecule has 0 radical (unpaired) electrons. The van der Waals surface area contributed by atoms with E-state index in [1.807, 2.05) is 6.07 Å². The SMILES string of the molecule is O=C(CCl)Nc1cccc(C(=O)NC(Cc2ccccc2)C(=O)O)c1. The standard InChI is InChI=1S/C18H17ClN2O4/c19-11-16(22)20-14-8-4-7-13(10-14)17(23)21-15(18(24)25)9-12-5-2-1-3-6-12/h1-8,10,15H,9,11H2,(H,20,22)(H,21,23)(H,24,25). The van der Waals surface area contributed by atoms with E-state index in [1.165, 1.54) is 12.1 Å². The Labute approximate surface area is 149 Å². The topological polar surface area (TPSA) is 95.5 Å². The van der Waals surface area contributed by atoms with Crippen molar-refractivity contribution in [1.29, 1.82) is 0 Å². The van der Waals surface area contributed by atoms with Gasteiger partial charge in [0.2, 0.25) is 5.91 Å². The van der Waals surface area contributed by atoms with Crippen molar-refractivity contribution in [2.45, 2.75) is 12.5 Å². The first-order valence-electron chi connectivity index (χ1n) is 7.53. The van der Waals surface area contributed by atoms with Crippen molar-refractivity contribution in [3.8, 4) is 0 Å². The Bertz CT molecular complexity index is 765. The minimum atomic E-state index is -1.12. The lowest BCUT2D eigenvalue weighted by molar-refractivity contribution is -0.139. The van der Waals surface area contributed by atoms with Crippen molar-refractivity contribution in [2.75, 3.05) is 11.2 Å². The molecular weight excluding hydrogens is 344 g/mol. The van der Waals surface area contributed by atoms with E-state index in [0.717, 1.165) is 5.56 Å². The normalized spacial score (nSPS) is 11.4. The zero-order valence-electron chi connectivity index (χ0n) is 13.2. The lowest BCUT2D eigenvalue weighted by Gasteiger charge is -2.15. The number of amides is 2. The summed E-state index contributed by atoms with van der Waals surface area (Å²) in [5.41, 5.74) is 1.46. The van der Waals surface area contributed by atoms with Gasteiger partial charge in [-0.15, -0.1) is 11.6 Å². The number of carbonyl (C=O) groups excluding carboxylic acids is 2. The Hall–Kier alpha value is -2.86. The summed E-state index contributed by atoms with van der Waals surface area (Å²) < 4.78 is 0. The van der Waals surface area contributed by atoms with Gasteiger partial charge in [0.05, 0.1) is 0 Å². The number of rotatable bonds is 7. The summed E-state index contributed by atoms with van der Waals surface area (Å²) in [6.45, 7) is 0. The number of hydrogen-bond acceptors (Lipinski definition) is 3. The van der Waals surface area contributed by atoms with Gasteiger partial charge in [0, 0.05) is 17.7 Å². The summed E-state index contributed by atoms with van der Waals surface area (Å²) in [5, 5.41) is 14.4. The molecule has 2 amide bonds. The molecular formula is C18H17ClN2O4. The van der Waals surface area contributed by atoms with Crippen LogP contribution in [0.15, 0.2) is 54.6 Å². The first-order valence-corrected chi connectivity index (χ1v) is 8.06. The highest BCUT2D eigenvalue weighted by Crippen LogP contribution is 2.12. The van der Waals surface area contributed by atoms with Crippen molar-refractivity contribution < 1.29 is 19.5 Å². The van der Waals surface area contributed by atoms with Gasteiger partial charge in [-0.1, -0.05) is 36.4 Å². The lowest BCUT2D eigenvalue weighted by atomic mass is 10.1. The molecule has 0 saturated carbocycles. The number of halogens is 1. The maximum Gasteiger partial charge on any atom is 0.326 e. The largest absolute Gasteiger partial charge is 0.480 e. The third-order valence-electron chi connectivity index (χ3n) is 3.42. The molecule has 0 aliphatic heterocycles. The van der Waals surface area contributed by atoms with Gasteiger partial charge < -0.3 is 15.7 Å². The first kappa shape index (κ1) is 18.5. The molecule has 0 aliphatic rings. The van der Waals surface area contributed by atoms with Crippen molar-refractivity contribution in [3.63, 3.8) is 0 Å². The van der Waals surface area contributed by atoms with Crippen LogP contribution >= 0.6 is 11.6 Å². The van der Waals surface area contributed by atoms with Crippen LogP contribution in [0.4, 0.5) is 5.69 Å². The van der Waals surface area contributed by atoms with E-state index in [4.69, 9.17) is 11.6 Å². The number of alkyl halides is 1. The highest BCUT2D eigenvalue weighted by molar-refractivity contribution is 6.29. The zero-order valence-corrected chi connectivity index (χ0v) is 14.0. The number of anilines is 1. The summed E-state index contributed by atoms with van der Waals surface area (Å²) in [5.74, 6) is -2.25. The minimum absolute atomic E-state index is 0.171. The molecule has 0 heterocycles. The maximum atomic E-state index is 12.3. The monoisotopic (exact) mass is 360 g/mol. The molecule has 1 atom stereocenters. The van der Waals surface area contributed by atoms with Crippen LogP contribution in [0.3, 0.4) is 0 Å². The van der Waals surface area contributed by atoms with Gasteiger partial charge in [0.25, 0.3) is 5.91 Å². The van der Waals surface area contributed by atoms with Gasteiger partial charge in [-0.05, 0) is 23.8 Å². The maximum absolute atomic E-state index is 12.3. The van der Waals surface area contributed by atoms with Crippen LogP contribution < -0.4 is 10.6 Å². The molecule has 0 fully saturated rings. The van der Waals surface area contributed by atoms with Crippen LogP contribution in [0.1, 0.15) is 15.9 Å². The van der Waals surface area contributed by atoms with Gasteiger partial charge in [-0.3, -0.25) is 9.59 Å². The molecule has 0 aliphatic carbocycles. The van der Waals surface area contributed by atoms with E-state index < -0.39 is 23.8 Å². The Balaban J connectivity index is 2.09. The molecule has 7 heteroatoms. The van der Waals surface area contributed by atoms with Gasteiger partial charge >= 0.3 is 5.97 Å². The number of hydrogen-bond donors (Lipinski definition) is 3. The van der Waals surface area contributed by atoms with Crippen LogP contribution in [0, 0.1) is 0 Å². The lowest BCUT2D eigenvalue weighted by Crippen LogP contribution is -2.42. The Morgan fingerprint density at radius 3 is 2.40 bits per heavy atom. The predicted octanol–water partition coefficient (Wildman–Crippen LogP) is 2.29. The molecule has 0 spiro atoms. The molecule has 25 heavy (non-hydrogen) atoms. The molecule has 0 bridgehead atoms. The number of nitrogens with one attached hydrogen (secondary N) is 2. The number of aliphatic carboxylic acids is 1. The second-order valence-corrected chi connectivity index (χ2v) is 5.58. The average Bonchev–Trinajstić information content (AvgIpc) is 2.62. The number of carboxylic acid groups (broad SMARTS) is 1. The molecule has 2 rings (SSSR count). The van der Waals surface area contributed by atoms with E-state index in [2.05, 4.69) is 10.6 Å². The Morgan fingerprint density at radius 1 is 1.04 bits per heavy atom. The van der Waals surface area contributed by atoms with Crippen LogP contribution in [0.2, 0.25) is 0 Å². The summed E-state index contributed by atoms with van der Waals surface area (Å²) in [7, 11) is 0. The van der Waals surface area contributed by atoms with Crippen LogP contribution in [-0.2, 0) is 16.0 Å². The first-order chi connectivity index (χ1) is 12.0. The summed E-state index contributed by atoms with van der Waals surface area (Å²) in [6.07, 6.45) is 0.171. The van der Waals surface area contributed by atoms with Gasteiger partial charge in [-0.2, -0.15) is 0 Å². The molecule has 3 N–H and O–H groups in total. The molecule has 0 saturated heterocycles. The molecule has 130 valence electrons. The van der Waals surface area contributed by atoms with Crippen molar-refractivity contribution in [3.05, 3.63) is 65.7 Å². The van der Waals surface area contributed by atoms with Crippen LogP contribution in [-0.4, -0.2) is 34.8 Å². The summed E-state index contributed by atoms with van der Waals surface area (Å²) in [6, 6.07) is 14.2. The predicted molar refractivity (Wildman–Crippen MR) is 94.8 cm³/mol. The highest BCUT2D eigenvalue weighted by atomic mass is 35.5. The Kier molecular flexibility index (Phi) is 6.54. The second-order valence-electron chi connectivity index (χ2n) is 5.32. The molecule has 2 aromatic rings. The second kappa shape index (κ2) is 8.84. The fraction of sp³-hybridized carbons (Fsp3) is 0.167. The summed E-state index contributed by atoms with van der Waals surface area (Å²) in [4.78, 5) is 35.1.